The molecule has 0 aliphatic carbocycles. The summed E-state index contributed by atoms with van der Waals surface area (Å²) >= 11 is 0. The highest BCUT2D eigenvalue weighted by Gasteiger charge is 2.37. The Morgan fingerprint density at radius 2 is 1.95 bits per heavy atom. The van der Waals surface area contributed by atoms with Crippen molar-refractivity contribution in [3.8, 4) is 5.75 Å². The molecule has 0 aromatic heterocycles. The number of ether oxygens (including phenoxy) is 1. The summed E-state index contributed by atoms with van der Waals surface area (Å²) in [5.41, 5.74) is 0.791. The monoisotopic (exact) mass is 294 g/mol. The van der Waals surface area contributed by atoms with E-state index in [1.165, 1.54) is 6.26 Å². The van der Waals surface area contributed by atoms with Crippen molar-refractivity contribution in [1.29, 1.82) is 0 Å². The molecule has 0 amide bonds. The topological polar surface area (TPSA) is 58.6 Å². The van der Waals surface area contributed by atoms with E-state index in [2.05, 4.69) is 17.0 Å². The Morgan fingerprint density at radius 1 is 1.25 bits per heavy atom. The third-order valence-corrected chi connectivity index (χ3v) is 4.29. The van der Waals surface area contributed by atoms with Gasteiger partial charge in [0.15, 0.2) is 0 Å². The van der Waals surface area contributed by atoms with Crippen LogP contribution in [0.2, 0.25) is 0 Å². The van der Waals surface area contributed by atoms with Crippen LogP contribution in [-0.2, 0) is 10.0 Å². The van der Waals surface area contributed by atoms with Gasteiger partial charge in [0.1, 0.15) is 11.4 Å². The van der Waals surface area contributed by atoms with Gasteiger partial charge in [0, 0.05) is 31.5 Å². The SMILES string of the molecule is CS(=O)(=O)NN1CCC2(C=Cc3ccccc3O2)CC1. The minimum absolute atomic E-state index is 0.302. The van der Waals surface area contributed by atoms with Crippen LogP contribution in [-0.4, -0.2) is 38.4 Å². The predicted molar refractivity (Wildman–Crippen MR) is 77.6 cm³/mol. The first-order valence-electron chi connectivity index (χ1n) is 6.66. The third kappa shape index (κ3) is 2.87. The number of rotatable bonds is 2. The first-order valence-corrected chi connectivity index (χ1v) is 8.55. The lowest BCUT2D eigenvalue weighted by Crippen LogP contribution is -2.53. The molecule has 0 bridgehead atoms. The molecule has 1 aromatic rings. The fraction of sp³-hybridized carbons (Fsp3) is 0.429. The molecule has 1 N–H and O–H groups in total. The number of nitrogens with zero attached hydrogens (tertiary/aromatic N) is 1. The summed E-state index contributed by atoms with van der Waals surface area (Å²) in [5.74, 6) is 0.902. The highest BCUT2D eigenvalue weighted by molar-refractivity contribution is 7.88. The number of fused-ring (bicyclic) bond motifs is 1. The van der Waals surface area contributed by atoms with Crippen LogP contribution in [0.3, 0.4) is 0 Å². The Hall–Kier alpha value is -1.37. The van der Waals surface area contributed by atoms with E-state index in [1.807, 2.05) is 24.3 Å². The van der Waals surface area contributed by atoms with Gasteiger partial charge in [-0.05, 0) is 12.1 Å². The molecule has 5 nitrogen and oxygen atoms in total. The zero-order valence-electron chi connectivity index (χ0n) is 11.4. The summed E-state index contributed by atoms with van der Waals surface area (Å²) in [4.78, 5) is 2.53. The molecule has 1 aromatic carbocycles. The molecule has 3 rings (SSSR count). The van der Waals surface area contributed by atoms with Crippen LogP contribution in [0.5, 0.6) is 5.75 Å². The Morgan fingerprint density at radius 3 is 2.65 bits per heavy atom. The molecule has 0 radical (unpaired) electrons. The molecule has 0 atom stereocenters. The van der Waals surface area contributed by atoms with Gasteiger partial charge in [-0.2, -0.15) is 0 Å². The van der Waals surface area contributed by atoms with Gasteiger partial charge in [-0.3, -0.25) is 0 Å². The molecule has 1 saturated heterocycles. The molecule has 6 heteroatoms. The van der Waals surface area contributed by atoms with Gasteiger partial charge in [0.05, 0.1) is 6.26 Å². The minimum Gasteiger partial charge on any atom is -0.482 e. The number of hydrazine groups is 1. The Balaban J connectivity index is 1.70. The molecule has 2 heterocycles. The average Bonchev–Trinajstić information content (AvgIpc) is 2.40. The quantitative estimate of drug-likeness (QED) is 0.895. The van der Waals surface area contributed by atoms with Crippen LogP contribution >= 0.6 is 0 Å². The number of benzene rings is 1. The number of nitrogens with one attached hydrogen (secondary N) is 1. The van der Waals surface area contributed by atoms with E-state index in [1.54, 1.807) is 5.01 Å². The van der Waals surface area contributed by atoms with Gasteiger partial charge in [-0.25, -0.2) is 13.4 Å². The first-order chi connectivity index (χ1) is 9.46. The van der Waals surface area contributed by atoms with Crippen molar-refractivity contribution in [3.05, 3.63) is 35.9 Å². The summed E-state index contributed by atoms with van der Waals surface area (Å²) in [5, 5.41) is 1.73. The molecule has 1 spiro atoms. The maximum atomic E-state index is 11.2. The van der Waals surface area contributed by atoms with Crippen molar-refractivity contribution in [2.75, 3.05) is 19.3 Å². The summed E-state index contributed by atoms with van der Waals surface area (Å²) in [6.45, 7) is 1.28. The van der Waals surface area contributed by atoms with Crippen molar-refractivity contribution >= 4 is 16.1 Å². The molecule has 1 fully saturated rings. The van der Waals surface area contributed by atoms with Gasteiger partial charge in [-0.15, -0.1) is 4.83 Å². The lowest BCUT2D eigenvalue weighted by Gasteiger charge is -2.41. The number of hydrogen-bond donors (Lipinski definition) is 1. The summed E-state index contributed by atoms with van der Waals surface area (Å²) in [6.07, 6.45) is 6.90. The van der Waals surface area contributed by atoms with Crippen LogP contribution in [0.25, 0.3) is 6.08 Å². The van der Waals surface area contributed by atoms with E-state index in [0.29, 0.717) is 13.1 Å². The van der Waals surface area contributed by atoms with Gasteiger partial charge < -0.3 is 4.74 Å². The molecule has 0 unspecified atom stereocenters. The molecule has 108 valence electrons. The first kappa shape index (κ1) is 13.6. The number of sulfonamides is 1. The van der Waals surface area contributed by atoms with E-state index in [4.69, 9.17) is 4.74 Å². The maximum absolute atomic E-state index is 11.2. The molecule has 0 saturated carbocycles. The molecular formula is C14H18N2O3S. The largest absolute Gasteiger partial charge is 0.482 e. The molecule has 2 aliphatic rings. The lowest BCUT2D eigenvalue weighted by molar-refractivity contribution is 0.0310. The second-order valence-electron chi connectivity index (χ2n) is 5.39. The van der Waals surface area contributed by atoms with Crippen LogP contribution in [0.1, 0.15) is 18.4 Å². The van der Waals surface area contributed by atoms with Gasteiger partial charge in [0.2, 0.25) is 10.0 Å². The van der Waals surface area contributed by atoms with Crippen molar-refractivity contribution in [3.63, 3.8) is 0 Å². The van der Waals surface area contributed by atoms with Crippen molar-refractivity contribution in [2.45, 2.75) is 18.4 Å². The van der Waals surface area contributed by atoms with E-state index in [9.17, 15) is 8.42 Å². The summed E-state index contributed by atoms with van der Waals surface area (Å²) in [7, 11) is -3.20. The summed E-state index contributed by atoms with van der Waals surface area (Å²) < 4.78 is 28.6. The third-order valence-electron chi connectivity index (χ3n) is 3.70. The fourth-order valence-corrected chi connectivity index (χ4v) is 3.34. The lowest BCUT2D eigenvalue weighted by atomic mass is 9.89. The highest BCUT2D eigenvalue weighted by Crippen LogP contribution is 2.36. The fourth-order valence-electron chi connectivity index (χ4n) is 2.69. The predicted octanol–water partition coefficient (Wildman–Crippen LogP) is 1.39. The average molecular weight is 294 g/mol. The second-order valence-corrected chi connectivity index (χ2v) is 7.12. The zero-order valence-corrected chi connectivity index (χ0v) is 12.2. The van der Waals surface area contributed by atoms with Crippen LogP contribution in [0, 0.1) is 0 Å². The van der Waals surface area contributed by atoms with E-state index < -0.39 is 10.0 Å². The van der Waals surface area contributed by atoms with Gasteiger partial charge >= 0.3 is 0 Å². The normalized spacial score (nSPS) is 21.4. The van der Waals surface area contributed by atoms with Crippen LogP contribution in [0.4, 0.5) is 0 Å². The van der Waals surface area contributed by atoms with Gasteiger partial charge in [-0.1, -0.05) is 24.3 Å². The Bertz CT molecular complexity index is 632. The van der Waals surface area contributed by atoms with Crippen LogP contribution < -0.4 is 9.57 Å². The van der Waals surface area contributed by atoms with Crippen molar-refractivity contribution < 1.29 is 13.2 Å². The van der Waals surface area contributed by atoms with E-state index in [0.717, 1.165) is 24.2 Å². The van der Waals surface area contributed by atoms with E-state index >= 15 is 0 Å². The zero-order chi connectivity index (χ0) is 14.2. The second kappa shape index (κ2) is 4.87. The van der Waals surface area contributed by atoms with Crippen molar-refractivity contribution in [2.24, 2.45) is 0 Å². The van der Waals surface area contributed by atoms with E-state index in [-0.39, 0.29) is 5.60 Å². The molecule has 20 heavy (non-hydrogen) atoms. The number of hydrogen-bond acceptors (Lipinski definition) is 4. The maximum Gasteiger partial charge on any atom is 0.221 e. The summed E-state index contributed by atoms with van der Waals surface area (Å²) in [6, 6.07) is 7.95. The smallest absolute Gasteiger partial charge is 0.221 e. The van der Waals surface area contributed by atoms with Crippen LogP contribution in [0.15, 0.2) is 30.3 Å². The van der Waals surface area contributed by atoms with Gasteiger partial charge in [0.25, 0.3) is 0 Å². The number of piperidine rings is 1. The standard InChI is InChI=1S/C14H18N2O3S/c1-20(17,18)15-16-10-8-14(9-11-16)7-6-12-4-2-3-5-13(12)19-14/h2-7,15H,8-11H2,1H3. The Kier molecular flexibility index (Phi) is 3.32. The minimum atomic E-state index is -3.20. The molecule has 2 aliphatic heterocycles. The Labute approximate surface area is 119 Å². The number of para-hydroxylation sites is 1. The van der Waals surface area contributed by atoms with Crippen molar-refractivity contribution in [1.82, 2.24) is 9.84 Å². The molecular weight excluding hydrogens is 276 g/mol. The highest BCUT2D eigenvalue weighted by atomic mass is 32.2.